The monoisotopic (exact) mass is 388 g/mol. The molecule has 2 rings (SSSR count). The number of hydrogen-bond donors (Lipinski definition) is 0. The third-order valence-corrected chi connectivity index (χ3v) is 6.76. The molecule has 8 heteroatoms. The molecule has 1 aliphatic rings. The maximum atomic E-state index is 12.3. The van der Waals surface area contributed by atoms with Crippen LogP contribution in [-0.4, -0.2) is 62.1 Å². The van der Waals surface area contributed by atoms with Gasteiger partial charge in [-0.25, -0.2) is 12.7 Å². The number of amides is 1. The second kappa shape index (κ2) is 8.87. The molecule has 0 atom stereocenters. The number of hydrogen-bond acceptors (Lipinski definition) is 4. The standard InChI is InChI=1S/C17H25ClN2O4S/c1-3-25(22,23)19(2)14-8-11-20(12-9-14)17(21)10-13-24-16-7-5-4-6-15(16)18/h4-7,14H,3,8-13H2,1-2H3. The lowest BCUT2D eigenvalue weighted by atomic mass is 10.1. The zero-order valence-electron chi connectivity index (χ0n) is 14.7. The number of carbonyl (C=O) groups excluding carboxylic acids is 1. The Labute approximate surface area is 154 Å². The van der Waals surface area contributed by atoms with Gasteiger partial charge in [0.1, 0.15) is 5.75 Å². The minimum atomic E-state index is -3.19. The first kappa shape index (κ1) is 20.0. The molecule has 0 aromatic heterocycles. The van der Waals surface area contributed by atoms with Gasteiger partial charge in [0, 0.05) is 26.2 Å². The lowest BCUT2D eigenvalue weighted by Gasteiger charge is -2.36. The summed E-state index contributed by atoms with van der Waals surface area (Å²) < 4.78 is 30.9. The van der Waals surface area contributed by atoms with Crippen molar-refractivity contribution >= 4 is 27.5 Å². The molecule has 0 radical (unpaired) electrons. The van der Waals surface area contributed by atoms with Gasteiger partial charge in [-0.1, -0.05) is 23.7 Å². The number of halogens is 1. The van der Waals surface area contributed by atoms with Crippen molar-refractivity contribution in [3.8, 4) is 5.75 Å². The lowest BCUT2D eigenvalue weighted by Crippen LogP contribution is -2.47. The van der Waals surface area contributed by atoms with Crippen molar-refractivity contribution in [2.24, 2.45) is 0 Å². The average molecular weight is 389 g/mol. The summed E-state index contributed by atoms with van der Waals surface area (Å²) in [6.07, 6.45) is 1.60. The fraction of sp³-hybridized carbons (Fsp3) is 0.588. The second-order valence-electron chi connectivity index (χ2n) is 6.06. The van der Waals surface area contributed by atoms with Crippen LogP contribution in [0.1, 0.15) is 26.2 Å². The first-order valence-corrected chi connectivity index (χ1v) is 10.4. The SMILES string of the molecule is CCS(=O)(=O)N(C)C1CCN(C(=O)CCOc2ccccc2Cl)CC1. The molecule has 0 unspecified atom stereocenters. The molecule has 0 N–H and O–H groups in total. The summed E-state index contributed by atoms with van der Waals surface area (Å²) in [5.41, 5.74) is 0. The van der Waals surface area contributed by atoms with Crippen molar-refractivity contribution in [1.82, 2.24) is 9.21 Å². The van der Waals surface area contributed by atoms with E-state index in [0.29, 0.717) is 36.7 Å². The van der Waals surface area contributed by atoms with E-state index in [4.69, 9.17) is 16.3 Å². The molecule has 0 saturated carbocycles. The Kier molecular flexibility index (Phi) is 7.10. The predicted molar refractivity (Wildman–Crippen MR) is 98.4 cm³/mol. The van der Waals surface area contributed by atoms with Crippen molar-refractivity contribution in [2.75, 3.05) is 32.5 Å². The number of sulfonamides is 1. The van der Waals surface area contributed by atoms with Gasteiger partial charge >= 0.3 is 0 Å². The van der Waals surface area contributed by atoms with Gasteiger partial charge in [0.05, 0.1) is 23.8 Å². The highest BCUT2D eigenvalue weighted by molar-refractivity contribution is 7.89. The van der Waals surface area contributed by atoms with Crippen LogP contribution in [0.3, 0.4) is 0 Å². The lowest BCUT2D eigenvalue weighted by molar-refractivity contribution is -0.133. The van der Waals surface area contributed by atoms with E-state index in [0.717, 1.165) is 0 Å². The van der Waals surface area contributed by atoms with Crippen LogP contribution in [0.25, 0.3) is 0 Å². The summed E-state index contributed by atoms with van der Waals surface area (Å²) in [6, 6.07) is 7.12. The molecule has 1 aromatic rings. The van der Waals surface area contributed by atoms with E-state index < -0.39 is 10.0 Å². The number of nitrogens with zero attached hydrogens (tertiary/aromatic N) is 2. The average Bonchev–Trinajstić information content (AvgIpc) is 2.62. The third kappa shape index (κ3) is 5.33. The summed E-state index contributed by atoms with van der Waals surface area (Å²) in [7, 11) is -1.56. The minimum Gasteiger partial charge on any atom is -0.491 e. The first-order chi connectivity index (χ1) is 11.8. The molecule has 1 aliphatic heterocycles. The summed E-state index contributed by atoms with van der Waals surface area (Å²) >= 11 is 6.01. The van der Waals surface area contributed by atoms with E-state index in [9.17, 15) is 13.2 Å². The highest BCUT2D eigenvalue weighted by atomic mass is 35.5. The van der Waals surface area contributed by atoms with Crippen LogP contribution in [0.4, 0.5) is 0 Å². The number of rotatable bonds is 7. The van der Waals surface area contributed by atoms with Crippen molar-refractivity contribution < 1.29 is 17.9 Å². The molecule has 1 amide bonds. The number of benzene rings is 1. The summed E-state index contributed by atoms with van der Waals surface area (Å²) in [5.74, 6) is 0.691. The molecular formula is C17H25ClN2O4S. The molecule has 1 heterocycles. The van der Waals surface area contributed by atoms with E-state index in [-0.39, 0.29) is 30.7 Å². The molecule has 25 heavy (non-hydrogen) atoms. The third-order valence-electron chi connectivity index (χ3n) is 4.55. The molecule has 1 saturated heterocycles. The number of likely N-dealkylation sites (tertiary alicyclic amines) is 1. The molecule has 1 fully saturated rings. The van der Waals surface area contributed by atoms with E-state index in [2.05, 4.69) is 0 Å². The normalized spacial score (nSPS) is 16.2. The Morgan fingerprint density at radius 1 is 1.32 bits per heavy atom. The number of ether oxygens (including phenoxy) is 1. The summed E-state index contributed by atoms with van der Waals surface area (Å²) in [6.45, 7) is 3.05. The fourth-order valence-electron chi connectivity index (χ4n) is 2.88. The number of carbonyl (C=O) groups is 1. The first-order valence-electron chi connectivity index (χ1n) is 8.46. The molecule has 0 aliphatic carbocycles. The van der Waals surface area contributed by atoms with Crippen molar-refractivity contribution in [2.45, 2.75) is 32.2 Å². The van der Waals surface area contributed by atoms with Gasteiger partial charge in [0.2, 0.25) is 15.9 Å². The van der Waals surface area contributed by atoms with Gasteiger partial charge in [-0.05, 0) is 31.9 Å². The maximum absolute atomic E-state index is 12.3. The van der Waals surface area contributed by atoms with Crippen LogP contribution in [0.5, 0.6) is 5.75 Å². The highest BCUT2D eigenvalue weighted by Crippen LogP contribution is 2.23. The molecule has 0 spiro atoms. The molecule has 6 nitrogen and oxygen atoms in total. The van der Waals surface area contributed by atoms with Crippen molar-refractivity contribution in [3.63, 3.8) is 0 Å². The summed E-state index contributed by atoms with van der Waals surface area (Å²) in [5, 5.41) is 0.524. The highest BCUT2D eigenvalue weighted by Gasteiger charge is 2.29. The van der Waals surface area contributed by atoms with Gasteiger partial charge in [0.15, 0.2) is 0 Å². The predicted octanol–water partition coefficient (Wildman–Crippen LogP) is 2.38. The Morgan fingerprint density at radius 3 is 2.56 bits per heavy atom. The van der Waals surface area contributed by atoms with E-state index in [1.54, 1.807) is 31.0 Å². The van der Waals surface area contributed by atoms with Gasteiger partial charge in [-0.3, -0.25) is 4.79 Å². The van der Waals surface area contributed by atoms with Gasteiger partial charge in [-0.2, -0.15) is 0 Å². The number of para-hydroxylation sites is 1. The topological polar surface area (TPSA) is 66.9 Å². The zero-order valence-corrected chi connectivity index (χ0v) is 16.2. The molecular weight excluding hydrogens is 364 g/mol. The van der Waals surface area contributed by atoms with E-state index >= 15 is 0 Å². The smallest absolute Gasteiger partial charge is 0.225 e. The second-order valence-corrected chi connectivity index (χ2v) is 8.78. The Bertz CT molecular complexity index is 688. The number of piperidine rings is 1. The Balaban J connectivity index is 1.77. The van der Waals surface area contributed by atoms with E-state index in [1.165, 1.54) is 4.31 Å². The van der Waals surface area contributed by atoms with Crippen molar-refractivity contribution in [3.05, 3.63) is 29.3 Å². The molecule has 140 valence electrons. The van der Waals surface area contributed by atoms with Crippen LogP contribution in [-0.2, 0) is 14.8 Å². The van der Waals surface area contributed by atoms with Crippen LogP contribution in [0.2, 0.25) is 5.02 Å². The quantitative estimate of drug-likeness (QED) is 0.719. The minimum absolute atomic E-state index is 0.0199. The van der Waals surface area contributed by atoms with Crippen molar-refractivity contribution in [1.29, 1.82) is 0 Å². The summed E-state index contributed by atoms with van der Waals surface area (Å²) in [4.78, 5) is 14.1. The van der Waals surface area contributed by atoms with Crippen LogP contribution in [0.15, 0.2) is 24.3 Å². The van der Waals surface area contributed by atoms with Crippen LogP contribution < -0.4 is 4.74 Å². The van der Waals surface area contributed by atoms with Gasteiger partial charge < -0.3 is 9.64 Å². The van der Waals surface area contributed by atoms with Gasteiger partial charge in [0.25, 0.3) is 0 Å². The van der Waals surface area contributed by atoms with E-state index in [1.807, 2.05) is 12.1 Å². The fourth-order valence-corrected chi connectivity index (χ4v) is 4.14. The molecule has 1 aromatic carbocycles. The maximum Gasteiger partial charge on any atom is 0.225 e. The van der Waals surface area contributed by atoms with Crippen LogP contribution in [0, 0.1) is 0 Å². The zero-order chi connectivity index (χ0) is 18.4. The van der Waals surface area contributed by atoms with Crippen LogP contribution >= 0.6 is 11.6 Å². The largest absolute Gasteiger partial charge is 0.491 e. The Morgan fingerprint density at radius 2 is 1.96 bits per heavy atom. The molecule has 0 bridgehead atoms. The Hall–Kier alpha value is -1.31. The van der Waals surface area contributed by atoms with Gasteiger partial charge in [-0.15, -0.1) is 0 Å².